The van der Waals surface area contributed by atoms with Crippen LogP contribution >= 0.6 is 0 Å². The Morgan fingerprint density at radius 3 is 3.00 bits per heavy atom. The van der Waals surface area contributed by atoms with Crippen LogP contribution < -0.4 is 0 Å². The van der Waals surface area contributed by atoms with Crippen LogP contribution in [-0.2, 0) is 6.42 Å². The molecule has 0 saturated heterocycles. The lowest BCUT2D eigenvalue weighted by Crippen LogP contribution is -2.26. The van der Waals surface area contributed by atoms with Gasteiger partial charge in [0, 0.05) is 26.0 Å². The summed E-state index contributed by atoms with van der Waals surface area (Å²) in [4.78, 5) is 14.6. The van der Waals surface area contributed by atoms with Crippen LogP contribution in [0.25, 0.3) is 0 Å². The van der Waals surface area contributed by atoms with Crippen LogP contribution in [0.1, 0.15) is 5.56 Å². The number of H-pyrrole nitrogens is 1. The molecule has 1 heterocycles. The average Bonchev–Trinajstić information content (AvgIpc) is 2.51. The van der Waals surface area contributed by atoms with Gasteiger partial charge in [0.05, 0.1) is 0 Å². The molecule has 1 aromatic rings. The number of nitrogens with zero attached hydrogens (tertiary/aromatic N) is 1. The molecular weight excluding hydrogens is 156 g/mol. The number of hydrogen-bond acceptors (Lipinski definition) is 1. The van der Waals surface area contributed by atoms with Gasteiger partial charge in [0.2, 0.25) is 0 Å². The highest BCUT2D eigenvalue weighted by Gasteiger charge is 2.04. The van der Waals surface area contributed by atoms with Gasteiger partial charge < -0.3 is 15.0 Å². The lowest BCUT2D eigenvalue weighted by atomic mass is 10.2. The number of aromatic amines is 1. The molecule has 0 bridgehead atoms. The molecule has 0 atom stereocenters. The highest BCUT2D eigenvalue weighted by atomic mass is 16.4. The third-order valence-electron chi connectivity index (χ3n) is 1.72. The van der Waals surface area contributed by atoms with E-state index in [0.717, 1.165) is 12.0 Å². The Morgan fingerprint density at radius 1 is 1.75 bits per heavy atom. The van der Waals surface area contributed by atoms with Crippen LogP contribution in [0, 0.1) is 0 Å². The number of likely N-dealkylation sites (N-methyl/N-ethyl adjacent to an activating group) is 1. The van der Waals surface area contributed by atoms with Crippen LogP contribution in [0.5, 0.6) is 0 Å². The summed E-state index contributed by atoms with van der Waals surface area (Å²) in [6.45, 7) is 0.535. The van der Waals surface area contributed by atoms with Crippen molar-refractivity contribution in [3.63, 3.8) is 0 Å². The molecule has 0 fully saturated rings. The minimum atomic E-state index is -0.884. The van der Waals surface area contributed by atoms with E-state index >= 15 is 0 Å². The van der Waals surface area contributed by atoms with Gasteiger partial charge >= 0.3 is 6.09 Å². The Labute approximate surface area is 70.8 Å². The maximum atomic E-state index is 10.4. The summed E-state index contributed by atoms with van der Waals surface area (Å²) in [6.07, 6.45) is 3.57. The molecule has 0 aliphatic rings. The predicted octanol–water partition coefficient (Wildman–Crippen LogP) is 1.17. The van der Waals surface area contributed by atoms with Crippen LogP contribution in [0.3, 0.4) is 0 Å². The molecule has 4 heteroatoms. The van der Waals surface area contributed by atoms with E-state index in [0.29, 0.717) is 6.54 Å². The molecule has 0 aliphatic carbocycles. The van der Waals surface area contributed by atoms with Gasteiger partial charge in [0.1, 0.15) is 0 Å². The van der Waals surface area contributed by atoms with E-state index in [4.69, 9.17) is 5.11 Å². The lowest BCUT2D eigenvalue weighted by molar-refractivity contribution is 0.156. The van der Waals surface area contributed by atoms with E-state index in [9.17, 15) is 4.79 Å². The fourth-order valence-electron chi connectivity index (χ4n) is 0.906. The zero-order chi connectivity index (χ0) is 8.97. The van der Waals surface area contributed by atoms with Gasteiger partial charge in [-0.05, 0) is 18.1 Å². The second kappa shape index (κ2) is 3.80. The number of rotatable bonds is 3. The fraction of sp³-hybridized carbons (Fsp3) is 0.375. The number of carboxylic acid groups (broad SMARTS) is 1. The van der Waals surface area contributed by atoms with Gasteiger partial charge in [0.25, 0.3) is 0 Å². The largest absolute Gasteiger partial charge is 0.465 e. The average molecular weight is 168 g/mol. The summed E-state index contributed by atoms with van der Waals surface area (Å²) in [5.74, 6) is 0. The standard InChI is InChI=1S/C8H12N2O2/c1-10(8(11)12)5-3-7-2-4-9-6-7/h2,4,6,9H,3,5H2,1H3,(H,11,12). The minimum absolute atomic E-state index is 0.535. The Hall–Kier alpha value is -1.45. The number of hydrogen-bond donors (Lipinski definition) is 2. The molecule has 1 rings (SSSR count). The quantitative estimate of drug-likeness (QED) is 0.711. The molecule has 12 heavy (non-hydrogen) atoms. The van der Waals surface area contributed by atoms with Crippen LogP contribution in [0.4, 0.5) is 4.79 Å². The molecule has 0 aromatic carbocycles. The number of amides is 1. The normalized spacial score (nSPS) is 9.75. The van der Waals surface area contributed by atoms with E-state index < -0.39 is 6.09 Å². The molecule has 1 aromatic heterocycles. The fourth-order valence-corrected chi connectivity index (χ4v) is 0.906. The highest BCUT2D eigenvalue weighted by molar-refractivity contribution is 5.64. The van der Waals surface area contributed by atoms with Crippen molar-refractivity contribution in [1.82, 2.24) is 9.88 Å². The van der Waals surface area contributed by atoms with E-state index in [-0.39, 0.29) is 0 Å². The first-order chi connectivity index (χ1) is 5.70. The van der Waals surface area contributed by atoms with Crippen molar-refractivity contribution in [3.05, 3.63) is 24.0 Å². The molecule has 0 aliphatic heterocycles. The van der Waals surface area contributed by atoms with Gasteiger partial charge in [-0.3, -0.25) is 0 Å². The van der Waals surface area contributed by atoms with Crippen molar-refractivity contribution in [2.45, 2.75) is 6.42 Å². The molecular formula is C8H12N2O2. The summed E-state index contributed by atoms with van der Waals surface area (Å²) in [5, 5.41) is 8.53. The van der Waals surface area contributed by atoms with Crippen molar-refractivity contribution < 1.29 is 9.90 Å². The summed E-state index contributed by atoms with van der Waals surface area (Å²) >= 11 is 0. The zero-order valence-electron chi connectivity index (χ0n) is 6.95. The van der Waals surface area contributed by atoms with E-state index in [1.807, 2.05) is 18.5 Å². The van der Waals surface area contributed by atoms with Crippen molar-refractivity contribution in [2.24, 2.45) is 0 Å². The Morgan fingerprint density at radius 2 is 2.50 bits per heavy atom. The first-order valence-electron chi connectivity index (χ1n) is 3.76. The molecule has 66 valence electrons. The van der Waals surface area contributed by atoms with Gasteiger partial charge in [-0.25, -0.2) is 4.79 Å². The van der Waals surface area contributed by atoms with Crippen molar-refractivity contribution in [3.8, 4) is 0 Å². The van der Waals surface area contributed by atoms with Crippen LogP contribution in [0.15, 0.2) is 18.5 Å². The van der Waals surface area contributed by atoms with Crippen molar-refractivity contribution in [2.75, 3.05) is 13.6 Å². The monoisotopic (exact) mass is 168 g/mol. The van der Waals surface area contributed by atoms with Crippen LogP contribution in [0.2, 0.25) is 0 Å². The van der Waals surface area contributed by atoms with Gasteiger partial charge in [-0.1, -0.05) is 0 Å². The van der Waals surface area contributed by atoms with Gasteiger partial charge in [-0.2, -0.15) is 0 Å². The minimum Gasteiger partial charge on any atom is -0.465 e. The number of nitrogens with one attached hydrogen (secondary N) is 1. The first-order valence-corrected chi connectivity index (χ1v) is 3.76. The summed E-state index contributed by atoms with van der Waals surface area (Å²) in [6, 6.07) is 1.94. The summed E-state index contributed by atoms with van der Waals surface area (Å²) in [7, 11) is 1.56. The predicted molar refractivity (Wildman–Crippen MR) is 45.2 cm³/mol. The third-order valence-corrected chi connectivity index (χ3v) is 1.72. The third kappa shape index (κ3) is 2.30. The first kappa shape index (κ1) is 8.64. The zero-order valence-corrected chi connectivity index (χ0v) is 6.95. The maximum absolute atomic E-state index is 10.4. The molecule has 0 unspecified atom stereocenters. The molecule has 2 N–H and O–H groups in total. The molecule has 0 radical (unpaired) electrons. The Kier molecular flexibility index (Phi) is 2.74. The Bertz CT molecular complexity index is 244. The second-order valence-corrected chi connectivity index (χ2v) is 2.67. The van der Waals surface area contributed by atoms with Crippen molar-refractivity contribution in [1.29, 1.82) is 0 Å². The van der Waals surface area contributed by atoms with E-state index in [1.54, 1.807) is 7.05 Å². The molecule has 4 nitrogen and oxygen atoms in total. The Balaban J connectivity index is 2.31. The molecule has 1 amide bonds. The molecule has 0 saturated carbocycles. The topological polar surface area (TPSA) is 56.3 Å². The van der Waals surface area contributed by atoms with Gasteiger partial charge in [-0.15, -0.1) is 0 Å². The van der Waals surface area contributed by atoms with E-state index in [1.165, 1.54) is 4.90 Å². The molecule has 0 spiro atoms. The maximum Gasteiger partial charge on any atom is 0.407 e. The lowest BCUT2D eigenvalue weighted by Gasteiger charge is -2.11. The van der Waals surface area contributed by atoms with Gasteiger partial charge in [0.15, 0.2) is 0 Å². The number of carbonyl (C=O) groups is 1. The SMILES string of the molecule is CN(CCc1cc[nH]c1)C(=O)O. The smallest absolute Gasteiger partial charge is 0.407 e. The van der Waals surface area contributed by atoms with Crippen LogP contribution in [-0.4, -0.2) is 34.7 Å². The number of aromatic nitrogens is 1. The summed E-state index contributed by atoms with van der Waals surface area (Å²) < 4.78 is 0. The van der Waals surface area contributed by atoms with Crippen molar-refractivity contribution >= 4 is 6.09 Å². The summed E-state index contributed by atoms with van der Waals surface area (Å²) in [5.41, 5.74) is 1.13. The van der Waals surface area contributed by atoms with E-state index in [2.05, 4.69) is 4.98 Å². The highest BCUT2D eigenvalue weighted by Crippen LogP contribution is 1.98. The second-order valence-electron chi connectivity index (χ2n) is 2.67.